The van der Waals surface area contributed by atoms with Gasteiger partial charge in [0.25, 0.3) is 5.91 Å². The molecule has 0 atom stereocenters. The molecular formula is C21H21F3N4O. The topological polar surface area (TPSA) is 50.2 Å². The van der Waals surface area contributed by atoms with Crippen LogP contribution in [0.5, 0.6) is 0 Å². The van der Waals surface area contributed by atoms with Crippen LogP contribution in [0.3, 0.4) is 0 Å². The van der Waals surface area contributed by atoms with Crippen LogP contribution in [0.1, 0.15) is 21.5 Å². The summed E-state index contributed by atoms with van der Waals surface area (Å²) in [6.45, 7) is 0.601. The molecule has 1 N–H and O–H groups in total. The van der Waals surface area contributed by atoms with Gasteiger partial charge < -0.3 is 10.2 Å². The number of halogens is 3. The molecule has 0 bridgehead atoms. The molecule has 1 heterocycles. The summed E-state index contributed by atoms with van der Waals surface area (Å²) < 4.78 is 42.7. The van der Waals surface area contributed by atoms with Crippen LogP contribution >= 0.6 is 0 Å². The molecule has 1 aromatic heterocycles. The zero-order chi connectivity index (χ0) is 21.1. The number of benzene rings is 2. The first-order chi connectivity index (χ1) is 13.7. The van der Waals surface area contributed by atoms with E-state index >= 15 is 0 Å². The highest BCUT2D eigenvalue weighted by Crippen LogP contribution is 2.25. The average Bonchev–Trinajstić information content (AvgIpc) is 3.03. The van der Waals surface area contributed by atoms with Crippen LogP contribution in [0.15, 0.2) is 42.6 Å². The van der Waals surface area contributed by atoms with Crippen molar-refractivity contribution >= 4 is 5.91 Å². The van der Waals surface area contributed by atoms with Gasteiger partial charge in [-0.15, -0.1) is 0 Å². The number of carbonyl (C=O) groups is 1. The van der Waals surface area contributed by atoms with E-state index in [2.05, 4.69) is 10.4 Å². The maximum Gasteiger partial charge on any atom is 0.255 e. The van der Waals surface area contributed by atoms with Gasteiger partial charge in [-0.25, -0.2) is 13.2 Å². The third-order valence-electron chi connectivity index (χ3n) is 4.31. The number of aryl methyl sites for hydroxylation is 1. The first-order valence-corrected chi connectivity index (χ1v) is 8.94. The quantitative estimate of drug-likeness (QED) is 0.687. The highest BCUT2D eigenvalue weighted by molar-refractivity contribution is 5.99. The van der Waals surface area contributed by atoms with Crippen LogP contribution in [0.4, 0.5) is 13.2 Å². The minimum atomic E-state index is -0.801. The molecule has 0 aliphatic rings. The first kappa shape index (κ1) is 20.6. The van der Waals surface area contributed by atoms with Gasteiger partial charge >= 0.3 is 0 Å². The van der Waals surface area contributed by atoms with Crippen molar-refractivity contribution in [1.82, 2.24) is 20.0 Å². The fourth-order valence-corrected chi connectivity index (χ4v) is 3.01. The van der Waals surface area contributed by atoms with E-state index in [9.17, 15) is 18.0 Å². The molecule has 0 unspecified atom stereocenters. The third kappa shape index (κ3) is 4.83. The average molecular weight is 402 g/mol. The molecule has 8 heteroatoms. The van der Waals surface area contributed by atoms with Crippen molar-refractivity contribution in [2.45, 2.75) is 13.1 Å². The van der Waals surface area contributed by atoms with Crippen molar-refractivity contribution in [3.63, 3.8) is 0 Å². The van der Waals surface area contributed by atoms with E-state index in [1.54, 1.807) is 19.2 Å². The Labute approximate surface area is 166 Å². The van der Waals surface area contributed by atoms with E-state index < -0.39 is 17.5 Å². The molecule has 152 valence electrons. The molecule has 0 saturated carbocycles. The van der Waals surface area contributed by atoms with Crippen molar-refractivity contribution < 1.29 is 18.0 Å². The Balaban J connectivity index is 1.80. The SMILES string of the molecule is CN(C)Cc1cc(CNC(=O)c2cn(C)nc2-c2ccc(F)cc2F)ccc1F. The van der Waals surface area contributed by atoms with Crippen LogP contribution in [0, 0.1) is 17.5 Å². The van der Waals surface area contributed by atoms with E-state index in [1.165, 1.54) is 23.0 Å². The lowest BCUT2D eigenvalue weighted by molar-refractivity contribution is 0.0951. The van der Waals surface area contributed by atoms with Crippen molar-refractivity contribution in [2.24, 2.45) is 7.05 Å². The first-order valence-electron chi connectivity index (χ1n) is 8.94. The van der Waals surface area contributed by atoms with Crippen LogP contribution in [0.25, 0.3) is 11.3 Å². The zero-order valence-corrected chi connectivity index (χ0v) is 16.3. The highest BCUT2D eigenvalue weighted by Gasteiger charge is 2.20. The normalized spacial score (nSPS) is 11.1. The Kier molecular flexibility index (Phi) is 6.03. The summed E-state index contributed by atoms with van der Waals surface area (Å²) in [5.41, 5.74) is 1.57. The summed E-state index contributed by atoms with van der Waals surface area (Å²) in [7, 11) is 5.29. The molecule has 2 aromatic carbocycles. The standard InChI is InChI=1S/C21H21F3N4O/c1-27(2)11-14-8-13(4-7-18(14)23)10-25-21(29)17-12-28(3)26-20(17)16-6-5-15(22)9-19(16)24/h4-9,12H,10-11H2,1-3H3,(H,25,29). The lowest BCUT2D eigenvalue weighted by Gasteiger charge is -2.12. The second-order valence-corrected chi connectivity index (χ2v) is 7.04. The second-order valence-electron chi connectivity index (χ2n) is 7.04. The van der Waals surface area contributed by atoms with Crippen molar-refractivity contribution in [3.8, 4) is 11.3 Å². The van der Waals surface area contributed by atoms with E-state index in [0.29, 0.717) is 12.1 Å². The minimum absolute atomic E-state index is 0.0344. The summed E-state index contributed by atoms with van der Waals surface area (Å²) in [5, 5.41) is 6.89. The number of rotatable bonds is 6. The van der Waals surface area contributed by atoms with Crippen LogP contribution in [0.2, 0.25) is 0 Å². The Morgan fingerprint density at radius 1 is 1.10 bits per heavy atom. The molecule has 5 nitrogen and oxygen atoms in total. The zero-order valence-electron chi connectivity index (χ0n) is 16.3. The Hall–Kier alpha value is -3.13. The molecule has 0 aliphatic heterocycles. The van der Waals surface area contributed by atoms with Crippen molar-refractivity contribution in [3.05, 3.63) is 76.7 Å². The molecule has 1 amide bonds. The number of nitrogens with one attached hydrogen (secondary N) is 1. The molecule has 0 aliphatic carbocycles. The summed E-state index contributed by atoms with van der Waals surface area (Å²) >= 11 is 0. The van der Waals surface area contributed by atoms with Gasteiger partial charge in [0.15, 0.2) is 0 Å². The predicted octanol–water partition coefficient (Wildman–Crippen LogP) is 3.50. The number of hydrogen-bond donors (Lipinski definition) is 1. The number of aromatic nitrogens is 2. The smallest absolute Gasteiger partial charge is 0.255 e. The molecule has 0 saturated heterocycles. The molecule has 3 aromatic rings. The highest BCUT2D eigenvalue weighted by atomic mass is 19.1. The lowest BCUT2D eigenvalue weighted by Crippen LogP contribution is -2.23. The Morgan fingerprint density at radius 3 is 2.55 bits per heavy atom. The van der Waals surface area contributed by atoms with Gasteiger partial charge in [0, 0.05) is 43.5 Å². The van der Waals surface area contributed by atoms with Gasteiger partial charge in [0.2, 0.25) is 0 Å². The molecule has 29 heavy (non-hydrogen) atoms. The molecule has 0 spiro atoms. The summed E-state index contributed by atoms with van der Waals surface area (Å²) in [6.07, 6.45) is 1.47. The fraction of sp³-hybridized carbons (Fsp3) is 0.238. The van der Waals surface area contributed by atoms with Gasteiger partial charge in [0.1, 0.15) is 23.1 Å². The largest absolute Gasteiger partial charge is 0.348 e. The summed E-state index contributed by atoms with van der Waals surface area (Å²) in [6, 6.07) is 7.76. The van der Waals surface area contributed by atoms with Gasteiger partial charge in [-0.05, 0) is 43.9 Å². The van der Waals surface area contributed by atoms with Gasteiger partial charge in [-0.2, -0.15) is 5.10 Å². The van der Waals surface area contributed by atoms with Gasteiger partial charge in [0.05, 0.1) is 5.56 Å². The summed E-state index contributed by atoms with van der Waals surface area (Å²) in [4.78, 5) is 14.5. The van der Waals surface area contributed by atoms with E-state index in [0.717, 1.165) is 17.7 Å². The summed E-state index contributed by atoms with van der Waals surface area (Å²) in [5.74, 6) is -2.28. The second kappa shape index (κ2) is 8.48. The number of amides is 1. The Morgan fingerprint density at radius 2 is 1.86 bits per heavy atom. The molecule has 0 radical (unpaired) electrons. The van der Waals surface area contributed by atoms with E-state index in [-0.39, 0.29) is 29.2 Å². The van der Waals surface area contributed by atoms with Gasteiger partial charge in [-0.1, -0.05) is 6.07 Å². The Bertz CT molecular complexity index is 1050. The maximum atomic E-state index is 14.2. The number of nitrogens with zero attached hydrogens (tertiary/aromatic N) is 3. The monoisotopic (exact) mass is 402 g/mol. The molecular weight excluding hydrogens is 381 g/mol. The van der Waals surface area contributed by atoms with Crippen LogP contribution < -0.4 is 5.32 Å². The van der Waals surface area contributed by atoms with Crippen LogP contribution in [-0.4, -0.2) is 34.7 Å². The molecule has 0 fully saturated rings. The number of carbonyl (C=O) groups excluding carboxylic acids is 1. The number of hydrogen-bond acceptors (Lipinski definition) is 3. The van der Waals surface area contributed by atoms with Crippen LogP contribution in [-0.2, 0) is 20.1 Å². The maximum absolute atomic E-state index is 14.2. The van der Waals surface area contributed by atoms with Crippen molar-refractivity contribution in [1.29, 1.82) is 0 Å². The van der Waals surface area contributed by atoms with E-state index in [4.69, 9.17) is 0 Å². The van der Waals surface area contributed by atoms with E-state index in [1.807, 2.05) is 19.0 Å². The van der Waals surface area contributed by atoms with Crippen molar-refractivity contribution in [2.75, 3.05) is 14.1 Å². The minimum Gasteiger partial charge on any atom is -0.348 e. The van der Waals surface area contributed by atoms with Gasteiger partial charge in [-0.3, -0.25) is 9.48 Å². The third-order valence-corrected chi connectivity index (χ3v) is 4.31. The molecule has 3 rings (SSSR count). The fourth-order valence-electron chi connectivity index (χ4n) is 3.01. The lowest BCUT2D eigenvalue weighted by atomic mass is 10.1. The predicted molar refractivity (Wildman–Crippen MR) is 104 cm³/mol.